The molecule has 0 fully saturated rings. The van der Waals surface area contributed by atoms with Gasteiger partial charge in [0.15, 0.2) is 0 Å². The van der Waals surface area contributed by atoms with Gasteiger partial charge in [0, 0.05) is 32.5 Å². The smallest absolute Gasteiger partial charge is 0.260 e. The van der Waals surface area contributed by atoms with Crippen molar-refractivity contribution in [2.24, 2.45) is 0 Å². The van der Waals surface area contributed by atoms with Crippen molar-refractivity contribution < 1.29 is 28.4 Å². The Morgan fingerprint density at radius 3 is 0.765 bits per heavy atom. The highest BCUT2D eigenvalue weighted by Crippen LogP contribution is 2.51. The van der Waals surface area contributed by atoms with Crippen molar-refractivity contribution in [2.75, 3.05) is 0 Å². The molecule has 0 unspecified atom stereocenters. The number of benzene rings is 13. The van der Waals surface area contributed by atoms with Crippen LogP contribution in [0.15, 0.2) is 237 Å². The Labute approximate surface area is 466 Å². The fourth-order valence-corrected chi connectivity index (χ4v) is 14.3. The van der Waals surface area contributed by atoms with E-state index in [1.807, 2.05) is 18.2 Å². The van der Waals surface area contributed by atoms with Gasteiger partial charge in [-0.05, 0) is 137 Å². The minimum atomic E-state index is -0.173. The van der Waals surface area contributed by atoms with Crippen molar-refractivity contribution in [2.45, 2.75) is 0 Å². The molecule has 0 radical (unpaired) electrons. The van der Waals surface area contributed by atoms with Gasteiger partial charge in [0.1, 0.15) is 69.0 Å². The normalized spacial score (nSPS) is 13.7. The molecule has 0 saturated carbocycles. The summed E-state index contributed by atoms with van der Waals surface area (Å²) < 4.78 is 42.8. The maximum atomic E-state index is 7.43. The molecule has 0 N–H and O–H groups in total. The third-order valence-electron chi connectivity index (χ3n) is 17.8. The Bertz CT molecular complexity index is 4440. The largest absolute Gasteiger partial charge is 0.458 e. The lowest BCUT2D eigenvalue weighted by Crippen LogP contribution is -2.57. The van der Waals surface area contributed by atoms with Gasteiger partial charge in [0.05, 0.1) is 0 Å². The number of ether oxygens (including phenoxy) is 6. The van der Waals surface area contributed by atoms with E-state index in [4.69, 9.17) is 28.4 Å². The van der Waals surface area contributed by atoms with Crippen LogP contribution in [0.3, 0.4) is 0 Å². The molecule has 81 heavy (non-hydrogen) atoms. The quantitative estimate of drug-likeness (QED) is 0.130. The van der Waals surface area contributed by atoms with Crippen LogP contribution in [0.1, 0.15) is 0 Å². The minimum Gasteiger partial charge on any atom is -0.458 e. The summed E-state index contributed by atoms with van der Waals surface area (Å²) in [6.07, 6.45) is 0. The first-order valence-corrected chi connectivity index (χ1v) is 27.7. The van der Waals surface area contributed by atoms with Crippen LogP contribution in [0, 0.1) is 0 Å². The zero-order chi connectivity index (χ0) is 52.6. The summed E-state index contributed by atoms with van der Waals surface area (Å²) in [5, 5.41) is 6.03. The standard InChI is InChI=1S/C72H39B3O6/c1-4-13-40(14-5-1)43-25-31-49-61(37-43)76-55-19-10-22-58-67(55)73(49)52-34-28-46-64(70(52)79-58)47-29-35-53-72(81-60-24-12-21-57-69(60)74(53)50-32-26-44(38-62(50)78-57)41-15-6-2-7-16-41)66(47)48-30-36-54-71(65(46)48)80-59-23-11-20-56-68(59)75(54)51-33-27-45(39-63(51)77-56)42-17-8-3-9-18-42/h1-39H. The molecule has 0 saturated heterocycles. The number of hydrogen-bond acceptors (Lipinski definition) is 6. The van der Waals surface area contributed by atoms with Gasteiger partial charge in [0.25, 0.3) is 20.1 Å². The van der Waals surface area contributed by atoms with Crippen molar-refractivity contribution in [1.82, 2.24) is 0 Å². The molecule has 13 aromatic rings. The zero-order valence-corrected chi connectivity index (χ0v) is 43.2. The van der Waals surface area contributed by atoms with Crippen LogP contribution in [0.25, 0.3) is 65.7 Å². The molecule has 0 atom stereocenters. The van der Waals surface area contributed by atoms with Gasteiger partial charge in [-0.25, -0.2) is 0 Å². The molecule has 19 rings (SSSR count). The summed E-state index contributed by atoms with van der Waals surface area (Å²) in [6, 6.07) is 83.8. The number of fused-ring (bicyclic) bond motifs is 21. The van der Waals surface area contributed by atoms with Gasteiger partial charge in [-0.1, -0.05) is 182 Å². The Kier molecular flexibility index (Phi) is 8.68. The summed E-state index contributed by atoms with van der Waals surface area (Å²) in [5.74, 6) is 9.63. The van der Waals surface area contributed by atoms with E-state index in [9.17, 15) is 0 Å². The molecule has 0 amide bonds. The summed E-state index contributed by atoms with van der Waals surface area (Å²) in [4.78, 5) is 0. The second-order valence-corrected chi connectivity index (χ2v) is 22.0. The van der Waals surface area contributed by atoms with Crippen molar-refractivity contribution >= 4 is 102 Å². The number of hydrogen-bond donors (Lipinski definition) is 0. The molecule has 6 aliphatic rings. The first-order chi connectivity index (χ1) is 40.1. The first kappa shape index (κ1) is 43.6. The number of rotatable bonds is 3. The molecule has 9 heteroatoms. The van der Waals surface area contributed by atoms with Gasteiger partial charge in [0.2, 0.25) is 0 Å². The van der Waals surface area contributed by atoms with E-state index in [-0.39, 0.29) is 20.1 Å². The second kappa shape index (κ2) is 16.1. The Balaban J connectivity index is 0.893. The van der Waals surface area contributed by atoms with Gasteiger partial charge in [-0.3, -0.25) is 0 Å². The lowest BCUT2D eigenvalue weighted by atomic mass is 9.34. The molecule has 0 bridgehead atoms. The van der Waals surface area contributed by atoms with Crippen LogP contribution in [-0.4, -0.2) is 20.1 Å². The SMILES string of the molecule is c1ccc(-c2ccc3c(c2)Oc2cccc4c2B3c2ccc3c(c2O4)c2ccc4c(c2c2ccc5c(c32)Oc2cccc3c2B5c2ccc(-c5ccccc5)cc2O3)Oc2cccc3c2B4c2ccc(-c4ccccc4)cc2O3)cc1. The predicted molar refractivity (Wildman–Crippen MR) is 328 cm³/mol. The van der Waals surface area contributed by atoms with Gasteiger partial charge < -0.3 is 28.4 Å². The highest BCUT2D eigenvalue weighted by molar-refractivity contribution is 7.00. The van der Waals surface area contributed by atoms with E-state index in [2.05, 4.69) is 218 Å². The third kappa shape index (κ3) is 6.04. The van der Waals surface area contributed by atoms with Gasteiger partial charge in [-0.2, -0.15) is 0 Å². The highest BCUT2D eigenvalue weighted by Gasteiger charge is 2.46. The lowest BCUT2D eigenvalue weighted by Gasteiger charge is -2.36. The molecule has 6 nitrogen and oxygen atoms in total. The van der Waals surface area contributed by atoms with Crippen molar-refractivity contribution in [3.8, 4) is 102 Å². The molecule has 13 aromatic carbocycles. The fraction of sp³-hybridized carbons (Fsp3) is 0. The summed E-state index contributed by atoms with van der Waals surface area (Å²) in [7, 11) is 0. The van der Waals surface area contributed by atoms with Crippen LogP contribution in [-0.2, 0) is 0 Å². The molecule has 6 aliphatic heterocycles. The third-order valence-corrected chi connectivity index (χ3v) is 17.8. The second-order valence-electron chi connectivity index (χ2n) is 22.0. The fourth-order valence-electron chi connectivity index (χ4n) is 14.3. The summed E-state index contributed by atoms with van der Waals surface area (Å²) >= 11 is 0. The van der Waals surface area contributed by atoms with E-state index in [1.165, 1.54) is 0 Å². The maximum Gasteiger partial charge on any atom is 0.260 e. The van der Waals surface area contributed by atoms with Crippen LogP contribution in [0.4, 0.5) is 0 Å². The van der Waals surface area contributed by atoms with Crippen LogP contribution < -0.4 is 77.6 Å². The van der Waals surface area contributed by atoms with Crippen molar-refractivity contribution in [3.05, 3.63) is 237 Å². The monoisotopic (exact) mass is 1030 g/mol. The van der Waals surface area contributed by atoms with Gasteiger partial charge in [-0.15, -0.1) is 0 Å². The van der Waals surface area contributed by atoms with Crippen LogP contribution in [0.2, 0.25) is 0 Å². The highest BCUT2D eigenvalue weighted by atomic mass is 16.5. The summed E-state index contributed by atoms with van der Waals surface area (Å²) in [6.45, 7) is -0.519. The Morgan fingerprint density at radius 2 is 0.469 bits per heavy atom. The van der Waals surface area contributed by atoms with Crippen molar-refractivity contribution in [1.29, 1.82) is 0 Å². The van der Waals surface area contributed by atoms with E-state index in [1.54, 1.807) is 0 Å². The molecular weight excluding hydrogens is 993 g/mol. The van der Waals surface area contributed by atoms with E-state index in [0.29, 0.717) is 0 Å². The van der Waals surface area contributed by atoms with Crippen LogP contribution in [0.5, 0.6) is 69.0 Å². The molecule has 0 aromatic heterocycles. The average molecular weight is 1030 g/mol. The zero-order valence-electron chi connectivity index (χ0n) is 43.2. The average Bonchev–Trinajstić information content (AvgIpc) is 3.69. The van der Waals surface area contributed by atoms with E-state index >= 15 is 0 Å². The van der Waals surface area contributed by atoms with E-state index < -0.39 is 0 Å². The minimum absolute atomic E-state index is 0.173. The predicted octanol–water partition coefficient (Wildman–Crippen LogP) is 12.3. The Morgan fingerprint density at radius 1 is 0.198 bits per heavy atom. The van der Waals surface area contributed by atoms with E-state index in [0.717, 1.165) is 184 Å². The van der Waals surface area contributed by atoms with Crippen molar-refractivity contribution in [3.63, 3.8) is 0 Å². The maximum absolute atomic E-state index is 7.43. The Hall–Kier alpha value is -10.4. The lowest BCUT2D eigenvalue weighted by molar-refractivity contribution is 0.467. The first-order valence-electron chi connectivity index (χ1n) is 27.7. The molecule has 6 heterocycles. The molecule has 0 spiro atoms. The molecule has 0 aliphatic carbocycles. The molecular formula is C72H39B3O6. The topological polar surface area (TPSA) is 55.4 Å². The van der Waals surface area contributed by atoms with Gasteiger partial charge >= 0.3 is 0 Å². The van der Waals surface area contributed by atoms with Crippen LogP contribution >= 0.6 is 0 Å². The molecule has 372 valence electrons. The summed E-state index contributed by atoms with van der Waals surface area (Å²) in [5.41, 5.74) is 16.2.